The van der Waals surface area contributed by atoms with E-state index in [1.807, 2.05) is 11.0 Å². The van der Waals surface area contributed by atoms with Gasteiger partial charge in [0, 0.05) is 25.6 Å². The third kappa shape index (κ3) is 4.14. The van der Waals surface area contributed by atoms with Crippen LogP contribution < -0.4 is 5.73 Å². The molecule has 2 aliphatic heterocycles. The summed E-state index contributed by atoms with van der Waals surface area (Å²) in [5.74, 6) is 0.253. The monoisotopic (exact) mass is 386 g/mol. The Kier molecular flexibility index (Phi) is 5.41. The molecule has 2 aliphatic rings. The number of carbonyl (C=O) groups excluding carboxylic acids is 2. The second kappa shape index (κ2) is 7.94. The van der Waals surface area contributed by atoms with Gasteiger partial charge in [0.15, 0.2) is 0 Å². The Labute approximate surface area is 163 Å². The standard InChI is InChI=1S/C20H26N4O2S/c21-19(26)15-4-3-9-23(12-15)13-18(25)24-10-7-14(8-11-24)20-22-16-5-1-2-6-17(16)27-20/h1-2,5-6,14-15H,3-4,7-13H2,(H2,21,26)/t15-/m0/s1. The van der Waals surface area contributed by atoms with Crippen LogP contribution in [0.15, 0.2) is 24.3 Å². The molecule has 2 saturated heterocycles. The molecule has 0 unspecified atom stereocenters. The molecule has 0 radical (unpaired) electrons. The number of hydrogen-bond acceptors (Lipinski definition) is 5. The van der Waals surface area contributed by atoms with E-state index in [0.29, 0.717) is 19.0 Å². The summed E-state index contributed by atoms with van der Waals surface area (Å²) in [5, 5.41) is 1.20. The minimum absolute atomic E-state index is 0.115. The number of aromatic nitrogens is 1. The van der Waals surface area contributed by atoms with E-state index >= 15 is 0 Å². The fraction of sp³-hybridized carbons (Fsp3) is 0.550. The van der Waals surface area contributed by atoms with E-state index in [9.17, 15) is 9.59 Å². The fourth-order valence-electron chi connectivity index (χ4n) is 4.16. The van der Waals surface area contributed by atoms with Crippen LogP contribution in [0.3, 0.4) is 0 Å². The number of rotatable bonds is 4. The molecule has 1 aromatic heterocycles. The number of piperidine rings is 2. The molecule has 2 fully saturated rings. The van der Waals surface area contributed by atoms with Crippen LogP contribution >= 0.6 is 11.3 Å². The predicted octanol–water partition coefficient (Wildman–Crippen LogP) is 2.20. The number of thiazole rings is 1. The van der Waals surface area contributed by atoms with Gasteiger partial charge in [0.2, 0.25) is 11.8 Å². The van der Waals surface area contributed by atoms with Crippen molar-refractivity contribution in [1.29, 1.82) is 0 Å². The third-order valence-corrected chi connectivity index (χ3v) is 6.97. The molecule has 7 heteroatoms. The Bertz CT molecular complexity index is 795. The highest BCUT2D eigenvalue weighted by Crippen LogP contribution is 2.33. The lowest BCUT2D eigenvalue weighted by atomic mass is 9.96. The van der Waals surface area contributed by atoms with Gasteiger partial charge in [-0.2, -0.15) is 0 Å². The Hall–Kier alpha value is -1.99. The van der Waals surface area contributed by atoms with Crippen molar-refractivity contribution in [1.82, 2.24) is 14.8 Å². The van der Waals surface area contributed by atoms with Crippen molar-refractivity contribution in [2.45, 2.75) is 31.6 Å². The largest absolute Gasteiger partial charge is 0.369 e. The van der Waals surface area contributed by atoms with Gasteiger partial charge in [-0.25, -0.2) is 4.98 Å². The number of likely N-dealkylation sites (tertiary alicyclic amines) is 2. The summed E-state index contributed by atoms with van der Waals surface area (Å²) in [6.45, 7) is 3.45. The first-order chi connectivity index (χ1) is 13.1. The number of fused-ring (bicyclic) bond motifs is 1. The zero-order valence-electron chi connectivity index (χ0n) is 15.5. The normalized spacial score (nSPS) is 22.2. The molecular weight excluding hydrogens is 360 g/mol. The van der Waals surface area contributed by atoms with Crippen LogP contribution in [0, 0.1) is 5.92 Å². The van der Waals surface area contributed by atoms with Crippen LogP contribution in [0.25, 0.3) is 10.2 Å². The zero-order valence-corrected chi connectivity index (χ0v) is 16.3. The first-order valence-corrected chi connectivity index (χ1v) is 10.6. The summed E-state index contributed by atoms with van der Waals surface area (Å²) in [7, 11) is 0. The maximum Gasteiger partial charge on any atom is 0.236 e. The lowest BCUT2D eigenvalue weighted by Gasteiger charge is -2.35. The first-order valence-electron chi connectivity index (χ1n) is 9.75. The molecule has 1 atom stereocenters. The average molecular weight is 387 g/mol. The lowest BCUT2D eigenvalue weighted by molar-refractivity contribution is -0.135. The van der Waals surface area contributed by atoms with Crippen LogP contribution in [0.1, 0.15) is 36.6 Å². The van der Waals surface area contributed by atoms with Gasteiger partial charge in [-0.3, -0.25) is 14.5 Å². The third-order valence-electron chi connectivity index (χ3n) is 5.77. The first kappa shape index (κ1) is 18.4. The molecule has 6 nitrogen and oxygen atoms in total. The topological polar surface area (TPSA) is 79.5 Å². The number of amides is 2. The smallest absolute Gasteiger partial charge is 0.236 e. The van der Waals surface area contributed by atoms with Gasteiger partial charge < -0.3 is 10.6 Å². The number of nitrogens with two attached hydrogens (primary N) is 1. The van der Waals surface area contributed by atoms with Gasteiger partial charge >= 0.3 is 0 Å². The summed E-state index contributed by atoms with van der Waals surface area (Å²) in [5.41, 5.74) is 6.51. The van der Waals surface area contributed by atoms with E-state index in [4.69, 9.17) is 10.7 Å². The van der Waals surface area contributed by atoms with Gasteiger partial charge in [-0.05, 0) is 44.4 Å². The SMILES string of the molecule is NC(=O)[C@H]1CCCN(CC(=O)N2CCC(c3nc4ccccc4s3)CC2)C1. The molecule has 27 heavy (non-hydrogen) atoms. The van der Waals surface area contributed by atoms with E-state index in [1.165, 1.54) is 9.71 Å². The second-order valence-corrected chi connectivity index (χ2v) is 8.71. The molecule has 0 spiro atoms. The maximum atomic E-state index is 12.7. The van der Waals surface area contributed by atoms with E-state index < -0.39 is 0 Å². The van der Waals surface area contributed by atoms with Crippen molar-refractivity contribution < 1.29 is 9.59 Å². The maximum absolute atomic E-state index is 12.7. The van der Waals surface area contributed by atoms with Gasteiger partial charge in [-0.15, -0.1) is 11.3 Å². The van der Waals surface area contributed by atoms with Crippen LogP contribution in [0.4, 0.5) is 0 Å². The van der Waals surface area contributed by atoms with Crippen molar-refractivity contribution in [2.75, 3.05) is 32.7 Å². The van der Waals surface area contributed by atoms with Gasteiger partial charge in [0.05, 0.1) is 27.7 Å². The van der Waals surface area contributed by atoms with Crippen molar-refractivity contribution in [3.8, 4) is 0 Å². The Balaban J connectivity index is 1.30. The molecule has 1 aromatic carbocycles. The summed E-state index contributed by atoms with van der Waals surface area (Å²) in [6, 6.07) is 8.25. The van der Waals surface area contributed by atoms with Crippen molar-refractivity contribution in [2.24, 2.45) is 11.7 Å². The highest BCUT2D eigenvalue weighted by Gasteiger charge is 2.29. The van der Waals surface area contributed by atoms with Crippen molar-refractivity contribution >= 4 is 33.4 Å². The van der Waals surface area contributed by atoms with Gasteiger partial charge in [-0.1, -0.05) is 12.1 Å². The molecule has 0 bridgehead atoms. The zero-order chi connectivity index (χ0) is 18.8. The summed E-state index contributed by atoms with van der Waals surface area (Å²) >= 11 is 1.78. The van der Waals surface area contributed by atoms with E-state index in [2.05, 4.69) is 23.1 Å². The number of primary amides is 1. The Morgan fingerprint density at radius 3 is 2.67 bits per heavy atom. The number of para-hydroxylation sites is 1. The quantitative estimate of drug-likeness (QED) is 0.874. The molecule has 4 rings (SSSR count). The molecule has 3 heterocycles. The minimum Gasteiger partial charge on any atom is -0.369 e. The molecule has 2 aromatic rings. The van der Waals surface area contributed by atoms with Crippen LogP contribution in [-0.4, -0.2) is 59.3 Å². The number of nitrogens with zero attached hydrogens (tertiary/aromatic N) is 3. The molecular formula is C20H26N4O2S. The number of hydrogen-bond donors (Lipinski definition) is 1. The molecule has 0 saturated carbocycles. The van der Waals surface area contributed by atoms with Crippen molar-refractivity contribution in [3.63, 3.8) is 0 Å². The van der Waals surface area contributed by atoms with Crippen LogP contribution in [0.5, 0.6) is 0 Å². The predicted molar refractivity (Wildman–Crippen MR) is 107 cm³/mol. The van der Waals surface area contributed by atoms with E-state index in [1.54, 1.807) is 11.3 Å². The highest BCUT2D eigenvalue weighted by atomic mass is 32.1. The second-order valence-electron chi connectivity index (χ2n) is 7.65. The lowest BCUT2D eigenvalue weighted by Crippen LogP contribution is -2.48. The van der Waals surface area contributed by atoms with Gasteiger partial charge in [0.25, 0.3) is 0 Å². The average Bonchev–Trinajstić information content (AvgIpc) is 3.12. The minimum atomic E-state index is -0.246. The highest BCUT2D eigenvalue weighted by molar-refractivity contribution is 7.18. The Morgan fingerprint density at radius 1 is 1.15 bits per heavy atom. The Morgan fingerprint density at radius 2 is 1.93 bits per heavy atom. The molecule has 0 aliphatic carbocycles. The summed E-state index contributed by atoms with van der Waals surface area (Å²) in [4.78, 5) is 32.9. The molecule has 2 amide bonds. The molecule has 2 N–H and O–H groups in total. The number of benzene rings is 1. The number of carbonyl (C=O) groups is 2. The van der Waals surface area contributed by atoms with Gasteiger partial charge in [0.1, 0.15) is 0 Å². The van der Waals surface area contributed by atoms with Crippen LogP contribution in [0.2, 0.25) is 0 Å². The van der Waals surface area contributed by atoms with E-state index in [-0.39, 0.29) is 17.7 Å². The van der Waals surface area contributed by atoms with E-state index in [0.717, 1.165) is 50.8 Å². The summed E-state index contributed by atoms with van der Waals surface area (Å²) in [6.07, 6.45) is 3.71. The van der Waals surface area contributed by atoms with Crippen LogP contribution in [-0.2, 0) is 9.59 Å². The fourth-order valence-corrected chi connectivity index (χ4v) is 5.30. The van der Waals surface area contributed by atoms with Crippen molar-refractivity contribution in [3.05, 3.63) is 29.3 Å². The summed E-state index contributed by atoms with van der Waals surface area (Å²) < 4.78 is 1.24. The molecule has 144 valence electrons.